The minimum absolute atomic E-state index is 0.116. The lowest BCUT2D eigenvalue weighted by atomic mass is 9.96. The third kappa shape index (κ3) is 4.65. The number of amides is 1. The van der Waals surface area contributed by atoms with E-state index in [0.29, 0.717) is 22.6 Å². The highest BCUT2D eigenvalue weighted by atomic mass is 32.2. The molecule has 1 saturated heterocycles. The summed E-state index contributed by atoms with van der Waals surface area (Å²) < 4.78 is 5.79. The molecule has 0 aromatic heterocycles. The van der Waals surface area contributed by atoms with E-state index >= 15 is 0 Å². The van der Waals surface area contributed by atoms with E-state index in [9.17, 15) is 4.79 Å². The lowest BCUT2D eigenvalue weighted by Gasteiger charge is -2.16. The summed E-state index contributed by atoms with van der Waals surface area (Å²) in [7, 11) is 0. The van der Waals surface area contributed by atoms with Gasteiger partial charge in [-0.2, -0.15) is 0 Å². The predicted molar refractivity (Wildman–Crippen MR) is 118 cm³/mol. The molecule has 4 nitrogen and oxygen atoms in total. The molecule has 3 rings (SSSR count). The minimum atomic E-state index is -0.116. The molecule has 1 aliphatic rings. The molecule has 1 amide bonds. The van der Waals surface area contributed by atoms with Gasteiger partial charge in [0, 0.05) is 0 Å². The van der Waals surface area contributed by atoms with Gasteiger partial charge in [0.25, 0.3) is 5.91 Å². The van der Waals surface area contributed by atoms with E-state index in [2.05, 4.69) is 36.3 Å². The smallest absolute Gasteiger partial charge is 0.264 e. The highest BCUT2D eigenvalue weighted by Gasteiger charge is 2.24. The van der Waals surface area contributed by atoms with Gasteiger partial charge < -0.3 is 10.1 Å². The number of rotatable bonds is 5. The van der Waals surface area contributed by atoms with Crippen molar-refractivity contribution in [3.05, 3.63) is 63.6 Å². The Balaban J connectivity index is 1.90. The Kier molecular flexibility index (Phi) is 6.25. The summed E-state index contributed by atoms with van der Waals surface area (Å²) in [6.45, 7) is 11.0. The van der Waals surface area contributed by atoms with Crippen LogP contribution in [0, 0.1) is 13.8 Å². The lowest BCUT2D eigenvalue weighted by Crippen LogP contribution is -2.19. The van der Waals surface area contributed by atoms with Crippen LogP contribution >= 0.6 is 11.8 Å². The molecule has 0 spiro atoms. The number of aliphatic imine (C=N–C) groups is 1. The molecule has 5 heteroatoms. The normalized spacial score (nSPS) is 16.9. The van der Waals surface area contributed by atoms with Crippen LogP contribution in [-0.4, -0.2) is 17.7 Å². The van der Waals surface area contributed by atoms with E-state index in [0.717, 1.165) is 28.1 Å². The van der Waals surface area contributed by atoms with Gasteiger partial charge >= 0.3 is 0 Å². The Morgan fingerprint density at radius 1 is 1.18 bits per heavy atom. The molecule has 2 aromatic rings. The first-order valence-corrected chi connectivity index (χ1v) is 10.3. The molecule has 1 aliphatic heterocycles. The second-order valence-corrected chi connectivity index (χ2v) is 8.18. The van der Waals surface area contributed by atoms with E-state index in [1.54, 1.807) is 0 Å². The molecule has 0 atom stereocenters. The Hall–Kier alpha value is -2.53. The van der Waals surface area contributed by atoms with E-state index < -0.39 is 0 Å². The average Bonchev–Trinajstić information content (AvgIpc) is 2.98. The van der Waals surface area contributed by atoms with Gasteiger partial charge in [-0.3, -0.25) is 4.79 Å². The summed E-state index contributed by atoms with van der Waals surface area (Å²) in [4.78, 5) is 17.6. The fraction of sp³-hybridized carbons (Fsp3) is 0.304. The molecule has 1 N–H and O–H groups in total. The molecule has 0 saturated carbocycles. The maximum Gasteiger partial charge on any atom is 0.264 e. The van der Waals surface area contributed by atoms with Crippen molar-refractivity contribution in [2.24, 2.45) is 4.99 Å². The monoisotopic (exact) mass is 394 g/mol. The number of ether oxygens (including phenoxy) is 1. The zero-order valence-electron chi connectivity index (χ0n) is 17.0. The zero-order chi connectivity index (χ0) is 20.3. The first kappa shape index (κ1) is 20.2. The number of benzene rings is 2. The molecule has 1 fully saturated rings. The summed E-state index contributed by atoms with van der Waals surface area (Å²) in [5.74, 6) is 1.14. The molecule has 28 heavy (non-hydrogen) atoms. The number of thioether (sulfide) groups is 1. The van der Waals surface area contributed by atoms with Gasteiger partial charge in [-0.25, -0.2) is 4.99 Å². The fourth-order valence-electron chi connectivity index (χ4n) is 2.96. The fourth-order valence-corrected chi connectivity index (χ4v) is 3.79. The molecule has 146 valence electrons. The van der Waals surface area contributed by atoms with Crippen LogP contribution in [0.2, 0.25) is 0 Å². The molecular formula is C23H26N2O2S. The molecule has 2 aromatic carbocycles. The van der Waals surface area contributed by atoms with Crippen LogP contribution in [0.5, 0.6) is 5.75 Å². The van der Waals surface area contributed by atoms with Crippen LogP contribution in [-0.2, 0) is 4.79 Å². The number of hydrogen-bond donors (Lipinski definition) is 1. The zero-order valence-corrected chi connectivity index (χ0v) is 17.8. The summed E-state index contributed by atoms with van der Waals surface area (Å²) in [6.07, 6.45) is 1.94. The number of aryl methyl sites for hydroxylation is 2. The summed E-state index contributed by atoms with van der Waals surface area (Å²) in [6, 6.07) is 12.1. The molecule has 1 heterocycles. The highest BCUT2D eigenvalue weighted by molar-refractivity contribution is 8.18. The van der Waals surface area contributed by atoms with Gasteiger partial charge in [0.1, 0.15) is 5.75 Å². The minimum Gasteiger partial charge on any atom is -0.494 e. The Bertz CT molecular complexity index is 944. The topological polar surface area (TPSA) is 50.7 Å². The maximum atomic E-state index is 12.4. The van der Waals surface area contributed by atoms with Gasteiger partial charge in [0.05, 0.1) is 17.2 Å². The third-order valence-corrected chi connectivity index (χ3v) is 5.43. The van der Waals surface area contributed by atoms with Gasteiger partial charge in [-0.15, -0.1) is 0 Å². The Labute approximate surface area is 171 Å². The number of nitrogens with zero attached hydrogens (tertiary/aromatic N) is 1. The van der Waals surface area contributed by atoms with Crippen molar-refractivity contribution >= 4 is 34.6 Å². The van der Waals surface area contributed by atoms with Crippen LogP contribution in [0.15, 0.2) is 46.3 Å². The van der Waals surface area contributed by atoms with Crippen molar-refractivity contribution in [2.45, 2.75) is 40.5 Å². The molecule has 0 unspecified atom stereocenters. The first-order chi connectivity index (χ1) is 13.4. The SMILES string of the molecule is CCOc1cc(C)c(/C=C2/SC(=Nc3ccc(C)cc3)NC2=O)cc1C(C)C. The van der Waals surface area contributed by atoms with Crippen molar-refractivity contribution in [3.8, 4) is 5.75 Å². The number of hydrogen-bond acceptors (Lipinski definition) is 4. The van der Waals surface area contributed by atoms with Crippen molar-refractivity contribution in [1.29, 1.82) is 0 Å². The largest absolute Gasteiger partial charge is 0.494 e. The maximum absolute atomic E-state index is 12.4. The van der Waals surface area contributed by atoms with Crippen molar-refractivity contribution < 1.29 is 9.53 Å². The summed E-state index contributed by atoms with van der Waals surface area (Å²) in [5, 5.41) is 3.46. The van der Waals surface area contributed by atoms with Crippen molar-refractivity contribution in [2.75, 3.05) is 6.61 Å². The summed E-state index contributed by atoms with van der Waals surface area (Å²) >= 11 is 1.37. The average molecular weight is 395 g/mol. The number of nitrogens with one attached hydrogen (secondary N) is 1. The van der Waals surface area contributed by atoms with Gasteiger partial charge in [-0.1, -0.05) is 31.5 Å². The van der Waals surface area contributed by atoms with E-state index in [-0.39, 0.29) is 5.91 Å². The Morgan fingerprint density at radius 3 is 2.54 bits per heavy atom. The highest BCUT2D eigenvalue weighted by Crippen LogP contribution is 2.33. The lowest BCUT2D eigenvalue weighted by molar-refractivity contribution is -0.115. The van der Waals surface area contributed by atoms with Crippen molar-refractivity contribution in [1.82, 2.24) is 5.32 Å². The molecular weight excluding hydrogens is 368 g/mol. The quantitative estimate of drug-likeness (QED) is 0.660. The van der Waals surface area contributed by atoms with Crippen LogP contribution in [0.1, 0.15) is 48.9 Å². The van der Waals surface area contributed by atoms with E-state index in [4.69, 9.17) is 4.74 Å². The van der Waals surface area contributed by atoms with Gasteiger partial charge in [0.15, 0.2) is 5.17 Å². The van der Waals surface area contributed by atoms with Crippen LogP contribution in [0.25, 0.3) is 6.08 Å². The van der Waals surface area contributed by atoms with E-state index in [1.165, 1.54) is 17.3 Å². The predicted octanol–water partition coefficient (Wildman–Crippen LogP) is 5.72. The second-order valence-electron chi connectivity index (χ2n) is 7.15. The van der Waals surface area contributed by atoms with Crippen LogP contribution < -0.4 is 10.1 Å². The molecule has 0 aliphatic carbocycles. The number of amidine groups is 1. The van der Waals surface area contributed by atoms with Gasteiger partial charge in [0.2, 0.25) is 0 Å². The van der Waals surface area contributed by atoms with Crippen molar-refractivity contribution in [3.63, 3.8) is 0 Å². The van der Waals surface area contributed by atoms with Crippen LogP contribution in [0.3, 0.4) is 0 Å². The Morgan fingerprint density at radius 2 is 1.89 bits per heavy atom. The molecule has 0 radical (unpaired) electrons. The number of carbonyl (C=O) groups is 1. The molecule has 0 bridgehead atoms. The first-order valence-electron chi connectivity index (χ1n) is 9.51. The third-order valence-electron chi connectivity index (χ3n) is 4.52. The van der Waals surface area contributed by atoms with Crippen LogP contribution in [0.4, 0.5) is 5.69 Å². The van der Waals surface area contributed by atoms with E-state index in [1.807, 2.05) is 51.1 Å². The number of carbonyl (C=O) groups excluding carboxylic acids is 1. The van der Waals surface area contributed by atoms with Gasteiger partial charge in [-0.05, 0) is 85.5 Å². The second kappa shape index (κ2) is 8.65. The standard InChI is InChI=1S/C23H26N2O2S/c1-6-27-20-11-16(5)17(12-19(20)14(2)3)13-21-22(26)25-23(28-21)24-18-9-7-15(4)8-10-18/h7-14H,6H2,1-5H3,(H,24,25,26)/b21-13+. The summed E-state index contributed by atoms with van der Waals surface area (Å²) in [5.41, 5.74) is 5.27.